The van der Waals surface area contributed by atoms with Gasteiger partial charge in [-0.1, -0.05) is 12.1 Å². The molecule has 1 atom stereocenters. The number of allylic oxidation sites excluding steroid dienone is 1. The van der Waals surface area contributed by atoms with E-state index in [2.05, 4.69) is 0 Å². The molecule has 1 aromatic heterocycles. The molecule has 0 aliphatic carbocycles. The van der Waals surface area contributed by atoms with Gasteiger partial charge in [0.25, 0.3) is 0 Å². The van der Waals surface area contributed by atoms with Crippen molar-refractivity contribution < 1.29 is 37.7 Å². The van der Waals surface area contributed by atoms with Crippen LogP contribution in [-0.4, -0.2) is 33.1 Å². The van der Waals surface area contributed by atoms with E-state index in [0.717, 1.165) is 0 Å². The van der Waals surface area contributed by atoms with Gasteiger partial charge in [0, 0.05) is 22.6 Å². The summed E-state index contributed by atoms with van der Waals surface area (Å²) in [7, 11) is 4.48. The van der Waals surface area contributed by atoms with Gasteiger partial charge in [0.05, 0.1) is 45.0 Å². The van der Waals surface area contributed by atoms with Gasteiger partial charge in [0.1, 0.15) is 17.1 Å². The van der Waals surface area contributed by atoms with Gasteiger partial charge in [0.2, 0.25) is 11.5 Å². The van der Waals surface area contributed by atoms with Gasteiger partial charge in [-0.05, 0) is 42.5 Å². The number of methoxy groups -OCH3 is 3. The van der Waals surface area contributed by atoms with Crippen LogP contribution in [0.25, 0.3) is 17.0 Å². The van der Waals surface area contributed by atoms with E-state index in [4.69, 9.17) is 28.1 Å². The highest BCUT2D eigenvalue weighted by Gasteiger charge is 2.40. The Balaban J connectivity index is 1.48. The first kappa shape index (κ1) is 24.3. The van der Waals surface area contributed by atoms with E-state index in [0.29, 0.717) is 39.3 Å². The first-order chi connectivity index (χ1) is 18.9. The van der Waals surface area contributed by atoms with E-state index < -0.39 is 11.9 Å². The molecule has 0 amide bonds. The minimum absolute atomic E-state index is 0.0325. The number of carbonyl (C=O) groups excluding carboxylic acids is 2. The number of Topliss-reactive ketones (excluding diaryl/α,β-unsaturated/α-hetero) is 1. The van der Waals surface area contributed by atoms with Crippen LogP contribution in [0, 0.1) is 0 Å². The van der Waals surface area contributed by atoms with Crippen molar-refractivity contribution in [3.05, 3.63) is 93.0 Å². The summed E-state index contributed by atoms with van der Waals surface area (Å²) < 4.78 is 33.7. The molecule has 0 saturated carbocycles. The average molecular weight is 526 g/mol. The fourth-order valence-corrected chi connectivity index (χ4v) is 5.08. The van der Waals surface area contributed by atoms with Crippen LogP contribution in [0.1, 0.15) is 39.4 Å². The standard InChI is InChI=1S/C30H22O9/c1-34-22-10-8-15(28(35-2)30(22)36-3)12-23-27(33)17-9-11-21-25(29(17)39-23)18(13-24(31)38-21)19-14-37-20-7-5-4-6-16(20)26(19)32/h4-12,14,18H,13H2,1-3H3/b23-12-. The monoisotopic (exact) mass is 526 g/mol. The largest absolute Gasteiger partial charge is 0.493 e. The maximum absolute atomic E-state index is 13.4. The van der Waals surface area contributed by atoms with Crippen molar-refractivity contribution in [1.29, 1.82) is 0 Å². The second-order valence-electron chi connectivity index (χ2n) is 8.96. The highest BCUT2D eigenvalue weighted by Crippen LogP contribution is 2.49. The molecule has 0 bridgehead atoms. The van der Waals surface area contributed by atoms with Gasteiger partial charge in [-0.2, -0.15) is 0 Å². The predicted molar refractivity (Wildman–Crippen MR) is 140 cm³/mol. The summed E-state index contributed by atoms with van der Waals surface area (Å²) in [4.78, 5) is 39.4. The third-order valence-electron chi connectivity index (χ3n) is 6.88. The van der Waals surface area contributed by atoms with Crippen molar-refractivity contribution in [3.63, 3.8) is 0 Å². The van der Waals surface area contributed by atoms with Crippen LogP contribution in [0.4, 0.5) is 0 Å². The Kier molecular flexibility index (Phi) is 5.83. The topological polar surface area (TPSA) is 111 Å². The van der Waals surface area contributed by atoms with Crippen LogP contribution >= 0.6 is 0 Å². The first-order valence-electron chi connectivity index (χ1n) is 12.1. The molecule has 0 spiro atoms. The number of benzene rings is 3. The lowest BCUT2D eigenvalue weighted by Crippen LogP contribution is -2.25. The molecule has 2 aliphatic heterocycles. The molecule has 0 saturated heterocycles. The number of para-hydroxylation sites is 1. The Labute approximate surface area is 222 Å². The van der Waals surface area contributed by atoms with Crippen LogP contribution in [0.2, 0.25) is 0 Å². The summed E-state index contributed by atoms with van der Waals surface area (Å²) in [5.41, 5.74) is 1.69. The van der Waals surface area contributed by atoms with Crippen molar-refractivity contribution in [2.45, 2.75) is 12.3 Å². The summed E-state index contributed by atoms with van der Waals surface area (Å²) in [5.74, 6) is 0.0647. The van der Waals surface area contributed by atoms with Gasteiger partial charge in [0.15, 0.2) is 22.7 Å². The fraction of sp³-hybridized carbons (Fsp3) is 0.167. The zero-order valence-corrected chi connectivity index (χ0v) is 21.2. The Morgan fingerprint density at radius 2 is 1.67 bits per heavy atom. The molecule has 1 unspecified atom stereocenters. The number of ketones is 1. The molecule has 2 aliphatic rings. The summed E-state index contributed by atoms with van der Waals surface area (Å²) in [6.45, 7) is 0. The van der Waals surface area contributed by atoms with Crippen molar-refractivity contribution in [2.75, 3.05) is 21.3 Å². The van der Waals surface area contributed by atoms with Crippen LogP contribution in [0.3, 0.4) is 0 Å². The van der Waals surface area contributed by atoms with Crippen LogP contribution in [0.5, 0.6) is 28.7 Å². The van der Waals surface area contributed by atoms with Crippen molar-refractivity contribution in [2.24, 2.45) is 0 Å². The molecule has 0 N–H and O–H groups in total. The SMILES string of the molecule is COc1ccc(/C=C2\Oc3c(ccc4c3C(c3coc5ccccc5c3=O)CC(=O)O4)C2=O)c(OC)c1OC. The van der Waals surface area contributed by atoms with Crippen molar-refractivity contribution in [3.8, 4) is 28.7 Å². The third kappa shape index (κ3) is 3.82. The molecule has 3 heterocycles. The average Bonchev–Trinajstić information content (AvgIpc) is 3.27. The zero-order chi connectivity index (χ0) is 27.3. The Hall–Kier alpha value is -5.05. The van der Waals surface area contributed by atoms with E-state index in [9.17, 15) is 14.4 Å². The maximum Gasteiger partial charge on any atom is 0.312 e. The van der Waals surface area contributed by atoms with Crippen LogP contribution in [-0.2, 0) is 4.79 Å². The van der Waals surface area contributed by atoms with Crippen LogP contribution in [0.15, 0.2) is 69.8 Å². The fourth-order valence-electron chi connectivity index (χ4n) is 5.08. The summed E-state index contributed by atoms with van der Waals surface area (Å²) in [6, 6.07) is 13.4. The van der Waals surface area contributed by atoms with E-state index >= 15 is 0 Å². The molecule has 4 aromatic rings. The van der Waals surface area contributed by atoms with Crippen molar-refractivity contribution >= 4 is 28.8 Å². The molecule has 9 nitrogen and oxygen atoms in total. The normalized spacial score (nSPS) is 16.9. The minimum Gasteiger partial charge on any atom is -0.493 e. The number of fused-ring (bicyclic) bond motifs is 4. The maximum atomic E-state index is 13.4. The van der Waals surface area contributed by atoms with Gasteiger partial charge in [-0.25, -0.2) is 0 Å². The Morgan fingerprint density at radius 1 is 0.872 bits per heavy atom. The molecular formula is C30H22O9. The lowest BCUT2D eigenvalue weighted by atomic mass is 9.85. The summed E-state index contributed by atoms with van der Waals surface area (Å²) in [6.07, 6.45) is 2.79. The number of carbonyl (C=O) groups is 2. The van der Waals surface area contributed by atoms with E-state index in [1.54, 1.807) is 54.6 Å². The number of hydrogen-bond donors (Lipinski definition) is 0. The highest BCUT2D eigenvalue weighted by atomic mass is 16.5. The number of rotatable bonds is 5. The molecule has 39 heavy (non-hydrogen) atoms. The molecule has 196 valence electrons. The smallest absolute Gasteiger partial charge is 0.312 e. The van der Waals surface area contributed by atoms with Gasteiger partial charge < -0.3 is 28.1 Å². The van der Waals surface area contributed by atoms with Crippen LogP contribution < -0.4 is 29.1 Å². The number of esters is 1. The second-order valence-corrected chi connectivity index (χ2v) is 8.96. The van der Waals surface area contributed by atoms with Gasteiger partial charge in [-0.15, -0.1) is 0 Å². The quantitative estimate of drug-likeness (QED) is 0.204. The second kappa shape index (κ2) is 9.36. The number of hydrogen-bond acceptors (Lipinski definition) is 9. The lowest BCUT2D eigenvalue weighted by molar-refractivity contribution is -0.135. The summed E-state index contributed by atoms with van der Waals surface area (Å²) >= 11 is 0. The Morgan fingerprint density at radius 3 is 2.44 bits per heavy atom. The minimum atomic E-state index is -0.736. The van der Waals surface area contributed by atoms with E-state index in [1.165, 1.54) is 27.6 Å². The zero-order valence-electron chi connectivity index (χ0n) is 21.2. The lowest BCUT2D eigenvalue weighted by Gasteiger charge is -2.25. The Bertz CT molecular complexity index is 1760. The predicted octanol–water partition coefficient (Wildman–Crippen LogP) is 4.88. The van der Waals surface area contributed by atoms with Gasteiger partial charge in [-0.3, -0.25) is 14.4 Å². The molecule has 9 heteroatoms. The first-order valence-corrected chi connectivity index (χ1v) is 12.1. The highest BCUT2D eigenvalue weighted by molar-refractivity contribution is 6.15. The molecule has 6 rings (SSSR count). The van der Waals surface area contributed by atoms with E-state index in [1.807, 2.05) is 0 Å². The molecular weight excluding hydrogens is 504 g/mol. The van der Waals surface area contributed by atoms with E-state index in [-0.39, 0.29) is 46.0 Å². The number of ether oxygens (including phenoxy) is 5. The van der Waals surface area contributed by atoms with Gasteiger partial charge >= 0.3 is 5.97 Å². The molecule has 3 aromatic carbocycles. The molecule has 0 fully saturated rings. The molecule has 0 radical (unpaired) electrons. The summed E-state index contributed by atoms with van der Waals surface area (Å²) in [5, 5.41) is 0.390. The third-order valence-corrected chi connectivity index (χ3v) is 6.88. The van der Waals surface area contributed by atoms with Crippen molar-refractivity contribution in [1.82, 2.24) is 0 Å².